The van der Waals surface area contributed by atoms with Crippen LogP contribution in [0.3, 0.4) is 0 Å². The average molecular weight is 400 g/mol. The number of rotatable bonds is 6. The molecule has 1 heterocycles. The molecule has 7 heteroatoms. The normalized spacial score (nSPS) is 11.1. The number of hydrogen-bond donors (Lipinski definition) is 3. The fraction of sp³-hybridized carbons (Fsp3) is 0.0870. The summed E-state index contributed by atoms with van der Waals surface area (Å²) in [6.45, 7) is 2.53. The van der Waals surface area contributed by atoms with Crippen LogP contribution in [-0.4, -0.2) is 34.0 Å². The Morgan fingerprint density at radius 1 is 1.17 bits per heavy atom. The van der Waals surface area contributed by atoms with Gasteiger partial charge >= 0.3 is 0 Å². The van der Waals surface area contributed by atoms with Gasteiger partial charge in [0.1, 0.15) is 17.2 Å². The van der Waals surface area contributed by atoms with Crippen LogP contribution in [0.15, 0.2) is 71.8 Å². The summed E-state index contributed by atoms with van der Waals surface area (Å²) in [5, 5.41) is 22.9. The zero-order valence-corrected chi connectivity index (χ0v) is 16.3. The van der Waals surface area contributed by atoms with Gasteiger partial charge in [-0.2, -0.15) is 10.2 Å². The van der Waals surface area contributed by atoms with Crippen LogP contribution in [0.1, 0.15) is 23.0 Å². The fourth-order valence-electron chi connectivity index (χ4n) is 3.11. The van der Waals surface area contributed by atoms with Crippen molar-refractivity contribution in [1.82, 2.24) is 15.6 Å². The van der Waals surface area contributed by atoms with E-state index in [0.717, 1.165) is 22.1 Å². The van der Waals surface area contributed by atoms with E-state index in [4.69, 9.17) is 4.74 Å². The molecule has 0 bridgehead atoms. The highest BCUT2D eigenvalue weighted by molar-refractivity contribution is 6.03. The quantitative estimate of drug-likeness (QED) is 0.335. The van der Waals surface area contributed by atoms with Gasteiger partial charge in [0.15, 0.2) is 0 Å². The molecule has 0 unspecified atom stereocenters. The molecule has 3 aromatic carbocycles. The second kappa shape index (κ2) is 8.48. The summed E-state index contributed by atoms with van der Waals surface area (Å²) in [4.78, 5) is 12.4. The molecule has 0 atom stereocenters. The molecule has 0 aliphatic rings. The van der Waals surface area contributed by atoms with Crippen molar-refractivity contribution >= 4 is 22.9 Å². The Labute approximate surface area is 173 Å². The summed E-state index contributed by atoms with van der Waals surface area (Å²) >= 11 is 0. The lowest BCUT2D eigenvalue weighted by Gasteiger charge is -2.04. The van der Waals surface area contributed by atoms with Gasteiger partial charge < -0.3 is 9.84 Å². The summed E-state index contributed by atoms with van der Waals surface area (Å²) < 4.78 is 5.43. The lowest BCUT2D eigenvalue weighted by molar-refractivity contribution is 0.0950. The van der Waals surface area contributed by atoms with Gasteiger partial charge in [0.2, 0.25) is 0 Å². The van der Waals surface area contributed by atoms with Crippen molar-refractivity contribution in [3.63, 3.8) is 0 Å². The molecular weight excluding hydrogens is 380 g/mol. The summed E-state index contributed by atoms with van der Waals surface area (Å²) in [5.41, 5.74) is 4.77. The lowest BCUT2D eigenvalue weighted by Crippen LogP contribution is -2.18. The van der Waals surface area contributed by atoms with Crippen LogP contribution in [0.2, 0.25) is 0 Å². The minimum absolute atomic E-state index is 0.0889. The van der Waals surface area contributed by atoms with Crippen molar-refractivity contribution in [2.75, 3.05) is 6.61 Å². The molecular formula is C23H20N4O3. The number of nitrogens with zero attached hydrogens (tertiary/aromatic N) is 2. The number of nitrogens with one attached hydrogen (secondary N) is 2. The third-order valence-corrected chi connectivity index (χ3v) is 4.59. The first-order valence-electron chi connectivity index (χ1n) is 9.48. The number of fused-ring (bicyclic) bond motifs is 1. The van der Waals surface area contributed by atoms with Gasteiger partial charge in [0.25, 0.3) is 5.91 Å². The maximum atomic E-state index is 12.4. The molecule has 0 saturated carbocycles. The van der Waals surface area contributed by atoms with Gasteiger partial charge in [-0.1, -0.05) is 30.3 Å². The number of H-pyrrole nitrogens is 1. The highest BCUT2D eigenvalue weighted by Crippen LogP contribution is 2.25. The lowest BCUT2D eigenvalue weighted by atomic mass is 10.0. The number of carbonyl (C=O) groups excluding carboxylic acids is 1. The Bertz CT molecular complexity index is 1210. The van der Waals surface area contributed by atoms with Gasteiger partial charge in [0, 0.05) is 11.1 Å². The van der Waals surface area contributed by atoms with Crippen LogP contribution in [0.4, 0.5) is 0 Å². The van der Waals surface area contributed by atoms with Crippen molar-refractivity contribution in [1.29, 1.82) is 0 Å². The van der Waals surface area contributed by atoms with Crippen molar-refractivity contribution in [3.8, 4) is 22.8 Å². The smallest absolute Gasteiger partial charge is 0.289 e. The molecule has 0 spiro atoms. The molecule has 0 aliphatic carbocycles. The number of benzene rings is 3. The van der Waals surface area contributed by atoms with Crippen LogP contribution < -0.4 is 10.2 Å². The van der Waals surface area contributed by atoms with Gasteiger partial charge in [-0.25, -0.2) is 5.43 Å². The maximum Gasteiger partial charge on any atom is 0.289 e. The number of hydrogen-bond acceptors (Lipinski definition) is 5. The van der Waals surface area contributed by atoms with E-state index in [0.29, 0.717) is 17.9 Å². The Morgan fingerprint density at radius 2 is 1.97 bits per heavy atom. The minimum atomic E-state index is -0.435. The summed E-state index contributed by atoms with van der Waals surface area (Å²) in [6, 6.07) is 20.2. The van der Waals surface area contributed by atoms with E-state index in [-0.39, 0.29) is 11.4 Å². The summed E-state index contributed by atoms with van der Waals surface area (Å²) in [5.74, 6) is 0.433. The zero-order valence-electron chi connectivity index (χ0n) is 16.3. The number of phenolic OH excluding ortho intramolecular Hbond substituents is 1. The zero-order chi connectivity index (χ0) is 20.9. The van der Waals surface area contributed by atoms with Crippen molar-refractivity contribution in [3.05, 3.63) is 78.0 Å². The maximum absolute atomic E-state index is 12.4. The number of hydrazone groups is 1. The highest BCUT2D eigenvalue weighted by atomic mass is 16.5. The van der Waals surface area contributed by atoms with E-state index in [2.05, 4.69) is 20.7 Å². The fourth-order valence-corrected chi connectivity index (χ4v) is 3.11. The van der Waals surface area contributed by atoms with Crippen LogP contribution >= 0.6 is 0 Å². The molecule has 0 radical (unpaired) electrons. The number of carbonyl (C=O) groups is 1. The molecule has 1 aromatic heterocycles. The molecule has 30 heavy (non-hydrogen) atoms. The molecule has 0 fully saturated rings. The van der Waals surface area contributed by atoms with Crippen molar-refractivity contribution in [2.24, 2.45) is 5.10 Å². The molecule has 1 amide bonds. The summed E-state index contributed by atoms with van der Waals surface area (Å²) in [6.07, 6.45) is 1.43. The second-order valence-electron chi connectivity index (χ2n) is 6.54. The summed E-state index contributed by atoms with van der Waals surface area (Å²) in [7, 11) is 0. The number of amides is 1. The van der Waals surface area contributed by atoms with Crippen molar-refractivity contribution in [2.45, 2.75) is 6.92 Å². The first-order chi connectivity index (χ1) is 14.7. The predicted octanol–water partition coefficient (Wildman–Crippen LogP) is 4.10. The SMILES string of the molecule is CCOc1ccc(-c2cc(C(=O)N/N=C\c3c(O)ccc4ccccc34)[nH]n2)cc1. The monoisotopic (exact) mass is 400 g/mol. The molecule has 4 aromatic rings. The Kier molecular flexibility index (Phi) is 5.43. The molecule has 3 N–H and O–H groups in total. The molecule has 4 rings (SSSR count). The standard InChI is InChI=1S/C23H20N4O3/c1-2-30-17-10-7-16(8-11-17)20-13-21(26-25-20)23(29)27-24-14-19-18-6-4-3-5-15(18)9-12-22(19)28/h3-14,28H,2H2,1H3,(H,25,26)(H,27,29)/b24-14-. The topological polar surface area (TPSA) is 99.6 Å². The largest absolute Gasteiger partial charge is 0.507 e. The van der Waals surface area contributed by atoms with E-state index in [1.165, 1.54) is 6.21 Å². The number of aromatic amines is 1. The molecule has 150 valence electrons. The third-order valence-electron chi connectivity index (χ3n) is 4.59. The number of ether oxygens (including phenoxy) is 1. The van der Waals surface area contributed by atoms with E-state index in [1.807, 2.05) is 61.5 Å². The Balaban J connectivity index is 1.47. The van der Waals surface area contributed by atoms with Crippen LogP contribution in [0.25, 0.3) is 22.0 Å². The average Bonchev–Trinajstić information content (AvgIpc) is 3.26. The van der Waals surface area contributed by atoms with Gasteiger partial charge in [-0.3, -0.25) is 9.89 Å². The van der Waals surface area contributed by atoms with Crippen LogP contribution in [0, 0.1) is 0 Å². The molecule has 0 aliphatic heterocycles. The highest BCUT2D eigenvalue weighted by Gasteiger charge is 2.11. The molecule has 0 saturated heterocycles. The van der Waals surface area contributed by atoms with Gasteiger partial charge in [0.05, 0.1) is 18.5 Å². The van der Waals surface area contributed by atoms with E-state index in [9.17, 15) is 9.90 Å². The first-order valence-corrected chi connectivity index (χ1v) is 9.48. The third kappa shape index (κ3) is 4.00. The predicted molar refractivity (Wildman–Crippen MR) is 116 cm³/mol. The van der Waals surface area contributed by atoms with E-state index in [1.54, 1.807) is 12.1 Å². The molecule has 7 nitrogen and oxygen atoms in total. The number of aromatic nitrogens is 2. The van der Waals surface area contributed by atoms with Crippen LogP contribution in [-0.2, 0) is 0 Å². The minimum Gasteiger partial charge on any atom is -0.507 e. The van der Waals surface area contributed by atoms with E-state index >= 15 is 0 Å². The number of aromatic hydroxyl groups is 1. The Hall–Kier alpha value is -4.13. The Morgan fingerprint density at radius 3 is 2.77 bits per heavy atom. The van der Waals surface area contributed by atoms with Crippen LogP contribution in [0.5, 0.6) is 11.5 Å². The second-order valence-corrected chi connectivity index (χ2v) is 6.54. The van der Waals surface area contributed by atoms with Gasteiger partial charge in [-0.15, -0.1) is 0 Å². The van der Waals surface area contributed by atoms with Crippen molar-refractivity contribution < 1.29 is 14.6 Å². The first kappa shape index (κ1) is 19.2. The van der Waals surface area contributed by atoms with Gasteiger partial charge in [-0.05, 0) is 54.1 Å². The number of phenols is 1. The van der Waals surface area contributed by atoms with E-state index < -0.39 is 5.91 Å².